The topological polar surface area (TPSA) is 30.7 Å². The summed E-state index contributed by atoms with van der Waals surface area (Å²) in [4.78, 5) is 8.82. The van der Waals surface area contributed by atoms with Crippen molar-refractivity contribution in [1.29, 1.82) is 0 Å². The van der Waals surface area contributed by atoms with Crippen LogP contribution >= 0.6 is 11.3 Å². The second-order valence-electron chi connectivity index (χ2n) is 5.28. The Kier molecular flexibility index (Phi) is 2.89. The Hall–Kier alpha value is -1.94. The lowest BCUT2D eigenvalue weighted by Gasteiger charge is -2.18. The molecule has 0 radical (unpaired) electrons. The number of imidazole rings is 1. The molecular formula is C16H15N3S. The van der Waals surface area contributed by atoms with Crippen molar-refractivity contribution in [1.82, 2.24) is 14.5 Å². The first kappa shape index (κ1) is 11.9. The highest BCUT2D eigenvalue weighted by molar-refractivity contribution is 7.08. The van der Waals surface area contributed by atoms with Crippen molar-refractivity contribution in [3.05, 3.63) is 59.4 Å². The molecule has 0 N–H and O–H groups in total. The number of rotatable bonds is 4. The molecule has 3 aromatic heterocycles. The van der Waals surface area contributed by atoms with Crippen LogP contribution in [0.4, 0.5) is 0 Å². The predicted octanol–water partition coefficient (Wildman–Crippen LogP) is 4.01. The van der Waals surface area contributed by atoms with Gasteiger partial charge < -0.3 is 4.57 Å². The first-order valence-electron chi connectivity index (χ1n) is 6.88. The third-order valence-corrected chi connectivity index (χ3v) is 4.54. The van der Waals surface area contributed by atoms with Crippen molar-refractivity contribution in [2.24, 2.45) is 5.92 Å². The number of nitrogens with zero attached hydrogens (tertiary/aromatic N) is 3. The van der Waals surface area contributed by atoms with Gasteiger partial charge in [0.25, 0.3) is 0 Å². The highest BCUT2D eigenvalue weighted by atomic mass is 32.1. The van der Waals surface area contributed by atoms with Gasteiger partial charge in [0.2, 0.25) is 0 Å². The molecule has 3 aromatic rings. The summed E-state index contributed by atoms with van der Waals surface area (Å²) in [5.41, 5.74) is 3.53. The van der Waals surface area contributed by atoms with E-state index in [0.29, 0.717) is 6.04 Å². The minimum absolute atomic E-state index is 0.390. The monoisotopic (exact) mass is 281 g/mol. The quantitative estimate of drug-likeness (QED) is 0.723. The molecular weight excluding hydrogens is 266 g/mol. The normalized spacial score (nSPS) is 16.2. The van der Waals surface area contributed by atoms with Crippen LogP contribution in [0.2, 0.25) is 0 Å². The third-order valence-electron chi connectivity index (χ3n) is 3.86. The minimum Gasteiger partial charge on any atom is -0.330 e. The molecule has 0 aliphatic heterocycles. The summed E-state index contributed by atoms with van der Waals surface area (Å²) < 4.78 is 2.21. The summed E-state index contributed by atoms with van der Waals surface area (Å²) in [5, 5.41) is 4.22. The van der Waals surface area contributed by atoms with Crippen LogP contribution in [0.15, 0.2) is 53.9 Å². The Morgan fingerprint density at radius 1 is 1.25 bits per heavy atom. The zero-order chi connectivity index (χ0) is 13.4. The largest absolute Gasteiger partial charge is 0.330 e. The number of pyridine rings is 1. The van der Waals surface area contributed by atoms with E-state index in [1.165, 1.54) is 24.0 Å². The molecule has 1 atom stereocenters. The van der Waals surface area contributed by atoms with E-state index in [9.17, 15) is 0 Å². The Morgan fingerprint density at radius 2 is 2.20 bits per heavy atom. The molecule has 0 amide bonds. The molecule has 1 unspecified atom stereocenters. The van der Waals surface area contributed by atoms with Crippen molar-refractivity contribution in [3.63, 3.8) is 0 Å². The fourth-order valence-corrected chi connectivity index (χ4v) is 3.34. The van der Waals surface area contributed by atoms with E-state index in [-0.39, 0.29) is 0 Å². The summed E-state index contributed by atoms with van der Waals surface area (Å²) in [7, 11) is 0. The molecule has 3 heterocycles. The number of hydrogen-bond donors (Lipinski definition) is 0. The maximum Gasteiger partial charge on any atom is 0.0951 e. The molecule has 100 valence electrons. The van der Waals surface area contributed by atoms with Gasteiger partial charge in [-0.05, 0) is 41.8 Å². The summed E-state index contributed by atoms with van der Waals surface area (Å²) >= 11 is 1.71. The van der Waals surface area contributed by atoms with Crippen LogP contribution in [0.1, 0.15) is 24.4 Å². The van der Waals surface area contributed by atoms with E-state index >= 15 is 0 Å². The lowest BCUT2D eigenvalue weighted by Crippen LogP contribution is -2.11. The van der Waals surface area contributed by atoms with Gasteiger partial charge in [-0.1, -0.05) is 6.07 Å². The Labute approximate surface area is 121 Å². The fourth-order valence-electron chi connectivity index (χ4n) is 2.69. The highest BCUT2D eigenvalue weighted by Crippen LogP contribution is 2.43. The molecule has 0 spiro atoms. The lowest BCUT2D eigenvalue weighted by molar-refractivity contribution is 0.518. The van der Waals surface area contributed by atoms with Crippen molar-refractivity contribution >= 4 is 11.3 Å². The molecule has 20 heavy (non-hydrogen) atoms. The van der Waals surface area contributed by atoms with Gasteiger partial charge in [-0.15, -0.1) is 0 Å². The van der Waals surface area contributed by atoms with E-state index in [1.54, 1.807) is 11.3 Å². The maximum atomic E-state index is 4.64. The van der Waals surface area contributed by atoms with E-state index in [4.69, 9.17) is 0 Å². The molecule has 0 aromatic carbocycles. The van der Waals surface area contributed by atoms with Crippen molar-refractivity contribution in [3.8, 4) is 11.3 Å². The van der Waals surface area contributed by atoms with Crippen LogP contribution in [0.25, 0.3) is 11.3 Å². The number of aromatic nitrogens is 3. The van der Waals surface area contributed by atoms with Gasteiger partial charge in [-0.25, -0.2) is 4.98 Å². The second kappa shape index (κ2) is 4.87. The Morgan fingerprint density at radius 3 is 2.80 bits per heavy atom. The molecule has 1 fully saturated rings. The van der Waals surface area contributed by atoms with Gasteiger partial charge >= 0.3 is 0 Å². The van der Waals surface area contributed by atoms with Crippen molar-refractivity contribution < 1.29 is 0 Å². The van der Waals surface area contributed by atoms with E-state index < -0.39 is 0 Å². The van der Waals surface area contributed by atoms with Gasteiger partial charge in [-0.3, -0.25) is 4.98 Å². The van der Waals surface area contributed by atoms with Crippen LogP contribution in [0, 0.1) is 5.92 Å². The predicted molar refractivity (Wildman–Crippen MR) is 80.6 cm³/mol. The minimum atomic E-state index is 0.390. The smallest absolute Gasteiger partial charge is 0.0951 e. The standard InChI is InChI=1S/C16H15N3S/c1-2-12(1)16(19-7-6-17-11-19)13-3-4-15(18-9-13)14-5-8-20-10-14/h3-12,16H,1-2H2. The van der Waals surface area contributed by atoms with Crippen LogP contribution in [0.5, 0.6) is 0 Å². The summed E-state index contributed by atoms with van der Waals surface area (Å²) in [6, 6.07) is 6.84. The third kappa shape index (κ3) is 2.16. The van der Waals surface area contributed by atoms with E-state index in [2.05, 4.69) is 49.7 Å². The average molecular weight is 281 g/mol. The van der Waals surface area contributed by atoms with Crippen LogP contribution in [-0.2, 0) is 0 Å². The molecule has 0 saturated heterocycles. The summed E-state index contributed by atoms with van der Waals surface area (Å²) in [6.45, 7) is 0. The van der Waals surface area contributed by atoms with Gasteiger partial charge in [0.15, 0.2) is 0 Å². The Bertz CT molecular complexity index is 667. The summed E-state index contributed by atoms with van der Waals surface area (Å²) in [6.07, 6.45) is 10.4. The first-order chi connectivity index (χ1) is 9.92. The van der Waals surface area contributed by atoms with Gasteiger partial charge in [-0.2, -0.15) is 11.3 Å². The average Bonchev–Trinajstić information content (AvgIpc) is 2.97. The molecule has 0 bridgehead atoms. The van der Waals surface area contributed by atoms with Crippen molar-refractivity contribution in [2.45, 2.75) is 18.9 Å². The van der Waals surface area contributed by atoms with Crippen LogP contribution in [-0.4, -0.2) is 14.5 Å². The van der Waals surface area contributed by atoms with E-state index in [0.717, 1.165) is 11.6 Å². The number of hydrogen-bond acceptors (Lipinski definition) is 3. The first-order valence-corrected chi connectivity index (χ1v) is 7.82. The van der Waals surface area contributed by atoms with Crippen LogP contribution < -0.4 is 0 Å². The van der Waals surface area contributed by atoms with Gasteiger partial charge in [0.1, 0.15) is 0 Å². The number of thiophene rings is 1. The molecule has 1 aliphatic carbocycles. The highest BCUT2D eigenvalue weighted by Gasteiger charge is 2.33. The molecule has 3 nitrogen and oxygen atoms in total. The Balaban J connectivity index is 1.67. The van der Waals surface area contributed by atoms with Gasteiger partial charge in [0.05, 0.1) is 18.1 Å². The second-order valence-corrected chi connectivity index (χ2v) is 6.06. The molecule has 4 rings (SSSR count). The van der Waals surface area contributed by atoms with Crippen LogP contribution in [0.3, 0.4) is 0 Å². The van der Waals surface area contributed by atoms with Gasteiger partial charge in [0, 0.05) is 29.5 Å². The SMILES string of the molecule is c1cn(C(c2ccc(-c3ccsc3)nc2)C2CC2)cn1. The maximum absolute atomic E-state index is 4.64. The molecule has 4 heteroatoms. The zero-order valence-electron chi connectivity index (χ0n) is 11.0. The molecule has 1 aliphatic rings. The zero-order valence-corrected chi connectivity index (χ0v) is 11.8. The summed E-state index contributed by atoms with van der Waals surface area (Å²) in [5.74, 6) is 0.734. The lowest BCUT2D eigenvalue weighted by atomic mass is 10.0. The van der Waals surface area contributed by atoms with Crippen molar-refractivity contribution in [2.75, 3.05) is 0 Å². The molecule has 1 saturated carbocycles. The van der Waals surface area contributed by atoms with E-state index in [1.807, 2.05) is 18.7 Å². The fraction of sp³-hybridized carbons (Fsp3) is 0.250.